The molecule has 2 atom stereocenters. The van der Waals surface area contributed by atoms with Gasteiger partial charge in [0.1, 0.15) is 0 Å². The van der Waals surface area contributed by atoms with E-state index >= 15 is 0 Å². The Morgan fingerprint density at radius 1 is 1.21 bits per heavy atom. The van der Waals surface area contributed by atoms with E-state index in [1.54, 1.807) is 31.4 Å². The van der Waals surface area contributed by atoms with Crippen molar-refractivity contribution in [2.24, 2.45) is 0 Å². The molecule has 2 unspecified atom stereocenters. The maximum absolute atomic E-state index is 13.3. The number of allylic oxidation sites excluding steroid dienone is 2. The predicted molar refractivity (Wildman–Crippen MR) is 127 cm³/mol. The molecule has 176 valence electrons. The number of fused-ring (bicyclic) bond motifs is 1. The second kappa shape index (κ2) is 11.8. The molecule has 0 fully saturated rings. The van der Waals surface area contributed by atoms with Crippen molar-refractivity contribution in [3.8, 4) is 5.88 Å². The first kappa shape index (κ1) is 24.7. The van der Waals surface area contributed by atoms with Crippen molar-refractivity contribution in [1.82, 2.24) is 15.2 Å². The lowest BCUT2D eigenvalue weighted by atomic mass is 10.0. The molecule has 1 N–H and O–H groups in total. The Labute approximate surface area is 198 Å². The molecule has 0 saturated heterocycles. The number of ketones is 1. The fraction of sp³-hybridized carbons (Fsp3) is 0.375. The van der Waals surface area contributed by atoms with Crippen molar-refractivity contribution in [2.75, 3.05) is 40.6 Å². The Morgan fingerprint density at radius 2 is 1.97 bits per heavy atom. The quantitative estimate of drug-likeness (QED) is 0.530. The van der Waals surface area contributed by atoms with E-state index in [-0.39, 0.29) is 22.9 Å². The van der Waals surface area contributed by atoms with Crippen LogP contribution in [0, 0.1) is 0 Å². The summed E-state index contributed by atoms with van der Waals surface area (Å²) >= 11 is 5.95. The van der Waals surface area contributed by atoms with Crippen molar-refractivity contribution in [3.63, 3.8) is 0 Å². The average molecular weight is 474 g/mol. The molecule has 2 aromatic rings. The van der Waals surface area contributed by atoms with Crippen LogP contribution in [0.3, 0.4) is 0 Å². The number of pyridine rings is 1. The zero-order chi connectivity index (χ0) is 23.8. The normalized spacial score (nSPS) is 16.4. The number of benzene rings is 1. The average Bonchev–Trinajstić information content (AvgIpc) is 2.82. The van der Waals surface area contributed by atoms with Gasteiger partial charge in [0, 0.05) is 30.8 Å². The molecule has 8 nitrogen and oxygen atoms in total. The summed E-state index contributed by atoms with van der Waals surface area (Å²) < 4.78 is 16.0. The summed E-state index contributed by atoms with van der Waals surface area (Å²) in [5, 5.41) is 4.80. The first-order chi connectivity index (χ1) is 16.0. The number of nitrogens with zero attached hydrogens (tertiary/aromatic N) is 2. The first-order valence-corrected chi connectivity index (χ1v) is 11.0. The topological polar surface area (TPSA) is 90.0 Å². The van der Waals surface area contributed by atoms with Gasteiger partial charge in [0.2, 0.25) is 5.88 Å². The van der Waals surface area contributed by atoms with Crippen molar-refractivity contribution in [2.45, 2.75) is 19.0 Å². The second-order valence-electron chi connectivity index (χ2n) is 7.46. The fourth-order valence-corrected chi connectivity index (χ4v) is 3.81. The Morgan fingerprint density at radius 3 is 2.67 bits per heavy atom. The number of halogens is 1. The standard InChI is InChI=1S/C24H28ClN3O5/c1-16(20-15-26-23(32-3)19-7-5-4-6-18(19)20)28(10-11-33-13-12-31-2)24(30)27-17-8-9-22(29)21(25)14-17/h4-9,14-17H,10-13H2,1-3H3,(H,27,30). The van der Waals surface area contributed by atoms with Gasteiger partial charge in [-0.25, -0.2) is 9.78 Å². The van der Waals surface area contributed by atoms with E-state index in [1.807, 2.05) is 31.2 Å². The van der Waals surface area contributed by atoms with E-state index < -0.39 is 6.04 Å². The lowest BCUT2D eigenvalue weighted by molar-refractivity contribution is -0.110. The molecular weight excluding hydrogens is 446 g/mol. The molecular formula is C24H28ClN3O5. The van der Waals surface area contributed by atoms with Crippen LogP contribution < -0.4 is 10.1 Å². The molecule has 1 aromatic carbocycles. The number of urea groups is 1. The van der Waals surface area contributed by atoms with E-state index in [0.29, 0.717) is 32.2 Å². The number of methoxy groups -OCH3 is 2. The highest BCUT2D eigenvalue weighted by Gasteiger charge is 2.26. The molecule has 0 bridgehead atoms. The minimum Gasteiger partial charge on any atom is -0.481 e. The van der Waals surface area contributed by atoms with Gasteiger partial charge < -0.3 is 24.4 Å². The van der Waals surface area contributed by atoms with Crippen LogP contribution >= 0.6 is 11.6 Å². The smallest absolute Gasteiger partial charge is 0.318 e. The summed E-state index contributed by atoms with van der Waals surface area (Å²) in [6.07, 6.45) is 6.21. The third-order valence-electron chi connectivity index (χ3n) is 5.38. The highest BCUT2D eigenvalue weighted by molar-refractivity contribution is 6.44. The van der Waals surface area contributed by atoms with Crippen LogP contribution in [0.15, 0.2) is 53.7 Å². The molecule has 1 aromatic heterocycles. The first-order valence-electron chi connectivity index (χ1n) is 10.6. The Kier molecular flexibility index (Phi) is 8.82. The molecule has 1 aliphatic rings. The number of aromatic nitrogens is 1. The minimum atomic E-state index is -0.488. The van der Waals surface area contributed by atoms with Crippen molar-refractivity contribution in [3.05, 3.63) is 59.3 Å². The van der Waals surface area contributed by atoms with Crippen molar-refractivity contribution in [1.29, 1.82) is 0 Å². The van der Waals surface area contributed by atoms with E-state index in [2.05, 4.69) is 10.3 Å². The molecule has 1 aliphatic carbocycles. The second-order valence-corrected chi connectivity index (χ2v) is 7.86. The van der Waals surface area contributed by atoms with Crippen LogP contribution in [-0.2, 0) is 14.3 Å². The SMILES string of the molecule is COCCOCCN(C(=O)NC1C=CC(=O)C(Cl)=C1)C(C)c1cnc(OC)c2ccccc12. The Hall–Kier alpha value is -2.94. The summed E-state index contributed by atoms with van der Waals surface area (Å²) in [5.41, 5.74) is 0.876. The van der Waals surface area contributed by atoms with Gasteiger partial charge in [-0.15, -0.1) is 0 Å². The number of nitrogens with one attached hydrogen (secondary N) is 1. The number of amides is 2. The number of carbonyl (C=O) groups is 2. The number of hydrogen-bond donors (Lipinski definition) is 1. The molecule has 0 spiro atoms. The van der Waals surface area contributed by atoms with Gasteiger partial charge in [-0.2, -0.15) is 0 Å². The van der Waals surface area contributed by atoms with Crippen molar-refractivity contribution < 1.29 is 23.8 Å². The van der Waals surface area contributed by atoms with E-state index in [4.69, 9.17) is 25.8 Å². The predicted octanol–water partition coefficient (Wildman–Crippen LogP) is 3.61. The molecule has 0 aliphatic heterocycles. The van der Waals surface area contributed by atoms with Crippen LogP contribution in [0.2, 0.25) is 0 Å². The highest BCUT2D eigenvalue weighted by Crippen LogP contribution is 2.32. The monoisotopic (exact) mass is 473 g/mol. The van der Waals surface area contributed by atoms with Crippen LogP contribution in [0.4, 0.5) is 4.79 Å². The number of rotatable bonds is 10. The van der Waals surface area contributed by atoms with Gasteiger partial charge in [-0.1, -0.05) is 35.9 Å². The summed E-state index contributed by atoms with van der Waals surface area (Å²) in [6, 6.07) is 6.64. The Bertz CT molecular complexity index is 1060. The van der Waals surface area contributed by atoms with Crippen molar-refractivity contribution >= 4 is 34.2 Å². The molecule has 1 heterocycles. The number of carbonyl (C=O) groups excluding carboxylic acids is 2. The number of hydrogen-bond acceptors (Lipinski definition) is 6. The third kappa shape index (κ3) is 6.10. The molecule has 0 radical (unpaired) electrons. The lowest BCUT2D eigenvalue weighted by Crippen LogP contribution is -2.46. The minimum absolute atomic E-state index is 0.0793. The Balaban J connectivity index is 1.85. The van der Waals surface area contributed by atoms with Gasteiger partial charge in [0.25, 0.3) is 0 Å². The molecule has 0 saturated carbocycles. The van der Waals surface area contributed by atoms with Gasteiger partial charge >= 0.3 is 6.03 Å². The number of ether oxygens (including phenoxy) is 3. The zero-order valence-corrected chi connectivity index (χ0v) is 19.7. The molecule has 3 rings (SSSR count). The summed E-state index contributed by atoms with van der Waals surface area (Å²) in [5.74, 6) is 0.243. The third-order valence-corrected chi connectivity index (χ3v) is 5.69. The van der Waals surface area contributed by atoms with E-state index in [1.165, 1.54) is 12.2 Å². The highest BCUT2D eigenvalue weighted by atomic mass is 35.5. The van der Waals surface area contributed by atoms with Crippen LogP contribution in [-0.4, -0.2) is 68.3 Å². The van der Waals surface area contributed by atoms with Crippen LogP contribution in [0.1, 0.15) is 18.5 Å². The summed E-state index contributed by atoms with van der Waals surface area (Å²) in [6.45, 7) is 3.51. The molecule has 33 heavy (non-hydrogen) atoms. The van der Waals surface area contributed by atoms with Gasteiger partial charge in [-0.3, -0.25) is 4.79 Å². The maximum atomic E-state index is 13.3. The van der Waals surface area contributed by atoms with Gasteiger partial charge in [-0.05, 0) is 30.5 Å². The van der Waals surface area contributed by atoms with E-state index in [9.17, 15) is 9.59 Å². The van der Waals surface area contributed by atoms with Gasteiger partial charge in [0.05, 0.1) is 44.0 Å². The van der Waals surface area contributed by atoms with Crippen LogP contribution in [0.25, 0.3) is 10.8 Å². The summed E-state index contributed by atoms with van der Waals surface area (Å²) in [4.78, 5) is 31.0. The van der Waals surface area contributed by atoms with Gasteiger partial charge in [0.15, 0.2) is 5.78 Å². The maximum Gasteiger partial charge on any atom is 0.318 e. The largest absolute Gasteiger partial charge is 0.481 e. The van der Waals surface area contributed by atoms with E-state index in [0.717, 1.165) is 16.3 Å². The molecule has 9 heteroatoms. The summed E-state index contributed by atoms with van der Waals surface area (Å²) in [7, 11) is 3.18. The molecule has 2 amide bonds. The zero-order valence-electron chi connectivity index (χ0n) is 18.9. The van der Waals surface area contributed by atoms with Crippen LogP contribution in [0.5, 0.6) is 5.88 Å². The lowest BCUT2D eigenvalue weighted by Gasteiger charge is -2.31. The fourth-order valence-electron chi connectivity index (χ4n) is 3.61.